The lowest BCUT2D eigenvalue weighted by atomic mass is 10.2. The molecular weight excluding hydrogens is 126 g/mol. The zero-order valence-electron chi connectivity index (χ0n) is 6.08. The molecule has 0 radical (unpaired) electrons. The fourth-order valence-electron chi connectivity index (χ4n) is 1.46. The van der Waals surface area contributed by atoms with Gasteiger partial charge in [0.1, 0.15) is 0 Å². The Morgan fingerprint density at radius 2 is 2.50 bits per heavy atom. The first kappa shape index (κ1) is 7.52. The van der Waals surface area contributed by atoms with Crippen LogP contribution in [0.2, 0.25) is 0 Å². The third-order valence-corrected chi connectivity index (χ3v) is 2.04. The Morgan fingerprint density at radius 1 is 1.70 bits per heavy atom. The maximum absolute atomic E-state index is 8.41. The Hall–Kier alpha value is -0.590. The second-order valence-electron chi connectivity index (χ2n) is 2.66. The summed E-state index contributed by atoms with van der Waals surface area (Å²) in [6, 6.07) is 2.62. The van der Waals surface area contributed by atoms with Gasteiger partial charge in [0.25, 0.3) is 0 Å². The Kier molecular flexibility index (Phi) is 2.67. The van der Waals surface area contributed by atoms with Gasteiger partial charge in [0.2, 0.25) is 0 Å². The van der Waals surface area contributed by atoms with E-state index >= 15 is 0 Å². The van der Waals surface area contributed by atoms with Crippen LogP contribution in [-0.4, -0.2) is 30.6 Å². The van der Waals surface area contributed by atoms with Crippen LogP contribution in [0.3, 0.4) is 0 Å². The molecule has 0 unspecified atom stereocenters. The standard InChI is InChI=1S/C7H13N3/c8-3-5-10-4-1-2-7(10)6-9/h7H,1-2,4-6,9H2/t7-/m0/s1. The minimum atomic E-state index is 0.472. The summed E-state index contributed by atoms with van der Waals surface area (Å²) in [4.78, 5) is 2.15. The van der Waals surface area contributed by atoms with E-state index in [4.69, 9.17) is 11.0 Å². The van der Waals surface area contributed by atoms with Gasteiger partial charge in [-0.15, -0.1) is 0 Å². The van der Waals surface area contributed by atoms with Crippen molar-refractivity contribution in [3.8, 4) is 6.07 Å². The normalized spacial score (nSPS) is 26.6. The Morgan fingerprint density at radius 3 is 3.10 bits per heavy atom. The molecule has 10 heavy (non-hydrogen) atoms. The Balaban J connectivity index is 2.36. The molecule has 0 aromatic heterocycles. The number of rotatable bonds is 2. The predicted octanol–water partition coefficient (Wildman–Crippen LogP) is -0.0669. The highest BCUT2D eigenvalue weighted by atomic mass is 15.2. The monoisotopic (exact) mass is 139 g/mol. The van der Waals surface area contributed by atoms with Crippen LogP contribution in [0.5, 0.6) is 0 Å². The third kappa shape index (κ3) is 1.47. The number of hydrogen-bond donors (Lipinski definition) is 1. The molecule has 0 bridgehead atoms. The average Bonchev–Trinajstić information content (AvgIpc) is 2.36. The largest absolute Gasteiger partial charge is 0.329 e. The van der Waals surface area contributed by atoms with Gasteiger partial charge in [-0.2, -0.15) is 5.26 Å². The van der Waals surface area contributed by atoms with Crippen molar-refractivity contribution in [1.29, 1.82) is 5.26 Å². The lowest BCUT2D eigenvalue weighted by Crippen LogP contribution is -2.35. The first-order valence-electron chi connectivity index (χ1n) is 3.69. The van der Waals surface area contributed by atoms with E-state index in [2.05, 4.69) is 11.0 Å². The lowest BCUT2D eigenvalue weighted by Gasteiger charge is -2.18. The Labute approximate surface area is 61.4 Å². The van der Waals surface area contributed by atoms with E-state index in [9.17, 15) is 0 Å². The highest BCUT2D eigenvalue weighted by molar-refractivity contribution is 4.86. The molecule has 0 spiro atoms. The van der Waals surface area contributed by atoms with Crippen LogP contribution in [-0.2, 0) is 0 Å². The van der Waals surface area contributed by atoms with Crippen molar-refractivity contribution in [2.75, 3.05) is 19.6 Å². The van der Waals surface area contributed by atoms with Crippen molar-refractivity contribution >= 4 is 0 Å². The zero-order valence-corrected chi connectivity index (χ0v) is 6.08. The summed E-state index contributed by atoms with van der Waals surface area (Å²) in [7, 11) is 0. The third-order valence-electron chi connectivity index (χ3n) is 2.04. The van der Waals surface area contributed by atoms with Crippen LogP contribution in [0.1, 0.15) is 12.8 Å². The maximum atomic E-state index is 8.41. The van der Waals surface area contributed by atoms with Gasteiger partial charge in [-0.25, -0.2) is 0 Å². The summed E-state index contributed by atoms with van der Waals surface area (Å²) < 4.78 is 0. The number of nitrogens with zero attached hydrogens (tertiary/aromatic N) is 2. The fourth-order valence-corrected chi connectivity index (χ4v) is 1.46. The van der Waals surface area contributed by atoms with Gasteiger partial charge in [-0.1, -0.05) is 0 Å². The summed E-state index contributed by atoms with van der Waals surface area (Å²) in [5.74, 6) is 0. The Bertz CT molecular complexity index is 138. The molecule has 0 aromatic carbocycles. The van der Waals surface area contributed by atoms with Gasteiger partial charge >= 0.3 is 0 Å². The van der Waals surface area contributed by atoms with Crippen molar-refractivity contribution in [3.63, 3.8) is 0 Å². The van der Waals surface area contributed by atoms with Crippen molar-refractivity contribution in [1.82, 2.24) is 4.90 Å². The summed E-state index contributed by atoms with van der Waals surface area (Å²) in [5.41, 5.74) is 5.50. The molecule has 0 aliphatic carbocycles. The molecule has 1 saturated heterocycles. The molecule has 1 fully saturated rings. The van der Waals surface area contributed by atoms with E-state index < -0.39 is 0 Å². The van der Waals surface area contributed by atoms with Crippen molar-refractivity contribution in [3.05, 3.63) is 0 Å². The molecule has 1 aliphatic heterocycles. The number of nitrogens with two attached hydrogens (primary N) is 1. The first-order chi connectivity index (χ1) is 4.88. The van der Waals surface area contributed by atoms with Crippen LogP contribution in [0.15, 0.2) is 0 Å². The lowest BCUT2D eigenvalue weighted by molar-refractivity contribution is 0.289. The van der Waals surface area contributed by atoms with Gasteiger partial charge in [0.15, 0.2) is 0 Å². The zero-order chi connectivity index (χ0) is 7.40. The van der Waals surface area contributed by atoms with Gasteiger partial charge in [0.05, 0.1) is 12.6 Å². The molecule has 0 aromatic rings. The van der Waals surface area contributed by atoms with Gasteiger partial charge in [0, 0.05) is 12.6 Å². The molecule has 1 aliphatic rings. The molecule has 3 nitrogen and oxygen atoms in total. The van der Waals surface area contributed by atoms with E-state index in [0.29, 0.717) is 19.1 Å². The molecule has 0 amide bonds. The summed E-state index contributed by atoms with van der Waals surface area (Å²) in [6.07, 6.45) is 2.36. The van der Waals surface area contributed by atoms with E-state index in [1.807, 2.05) is 0 Å². The number of nitriles is 1. The molecular formula is C7H13N3. The summed E-state index contributed by atoms with van der Waals surface area (Å²) >= 11 is 0. The summed E-state index contributed by atoms with van der Waals surface area (Å²) in [6.45, 7) is 2.29. The van der Waals surface area contributed by atoms with Gasteiger partial charge in [-0.3, -0.25) is 4.90 Å². The molecule has 0 saturated carbocycles. The number of hydrogen-bond acceptors (Lipinski definition) is 3. The molecule has 56 valence electrons. The van der Waals surface area contributed by atoms with E-state index in [1.165, 1.54) is 6.42 Å². The van der Waals surface area contributed by atoms with E-state index in [-0.39, 0.29) is 0 Å². The quantitative estimate of drug-likeness (QED) is 0.545. The fraction of sp³-hybridized carbons (Fsp3) is 0.857. The van der Waals surface area contributed by atoms with E-state index in [0.717, 1.165) is 13.0 Å². The van der Waals surface area contributed by atoms with Crippen LogP contribution in [0, 0.1) is 11.3 Å². The highest BCUT2D eigenvalue weighted by Crippen LogP contribution is 2.14. The van der Waals surface area contributed by atoms with Crippen molar-refractivity contribution in [2.24, 2.45) is 5.73 Å². The second kappa shape index (κ2) is 3.55. The van der Waals surface area contributed by atoms with Crippen LogP contribution >= 0.6 is 0 Å². The second-order valence-corrected chi connectivity index (χ2v) is 2.66. The number of likely N-dealkylation sites (tertiary alicyclic amines) is 1. The first-order valence-corrected chi connectivity index (χ1v) is 3.69. The predicted molar refractivity (Wildman–Crippen MR) is 39.3 cm³/mol. The van der Waals surface area contributed by atoms with Crippen LogP contribution in [0.25, 0.3) is 0 Å². The molecule has 3 heteroatoms. The molecule has 1 rings (SSSR count). The van der Waals surface area contributed by atoms with Gasteiger partial charge < -0.3 is 5.73 Å². The van der Waals surface area contributed by atoms with Crippen LogP contribution in [0.4, 0.5) is 0 Å². The highest BCUT2D eigenvalue weighted by Gasteiger charge is 2.21. The minimum absolute atomic E-state index is 0.472. The molecule has 1 atom stereocenters. The topological polar surface area (TPSA) is 53.0 Å². The summed E-state index contributed by atoms with van der Waals surface area (Å²) in [5, 5.41) is 8.41. The van der Waals surface area contributed by atoms with Crippen molar-refractivity contribution < 1.29 is 0 Å². The minimum Gasteiger partial charge on any atom is -0.329 e. The van der Waals surface area contributed by atoms with Crippen LogP contribution < -0.4 is 5.73 Å². The SMILES string of the molecule is N#CCN1CCC[C@H]1CN. The smallest absolute Gasteiger partial charge is 0.0868 e. The van der Waals surface area contributed by atoms with Gasteiger partial charge in [-0.05, 0) is 19.4 Å². The maximum Gasteiger partial charge on any atom is 0.0868 e. The average molecular weight is 139 g/mol. The molecule has 1 heterocycles. The van der Waals surface area contributed by atoms with E-state index in [1.54, 1.807) is 0 Å². The molecule has 2 N–H and O–H groups in total. The van der Waals surface area contributed by atoms with Crippen molar-refractivity contribution in [2.45, 2.75) is 18.9 Å².